The van der Waals surface area contributed by atoms with Crippen LogP contribution in [0.2, 0.25) is 10.0 Å². The second-order valence-corrected chi connectivity index (χ2v) is 5.38. The third kappa shape index (κ3) is 3.77. The lowest BCUT2D eigenvalue weighted by Crippen LogP contribution is -2.35. The Bertz CT molecular complexity index is 670. The van der Waals surface area contributed by atoms with E-state index < -0.39 is 11.8 Å². The number of aryl methyl sites for hydroxylation is 2. The number of carbonyl (C=O) groups excluding carboxylic acids is 2. The first-order valence-corrected chi connectivity index (χ1v) is 6.86. The van der Waals surface area contributed by atoms with Gasteiger partial charge in [-0.05, 0) is 44.2 Å². The van der Waals surface area contributed by atoms with Crippen molar-refractivity contribution in [3.05, 3.63) is 51.8 Å². The van der Waals surface area contributed by atoms with E-state index in [0.29, 0.717) is 15.7 Å². The Morgan fingerprint density at radius 3 is 2.00 bits per heavy atom. The summed E-state index contributed by atoms with van der Waals surface area (Å²) in [6.07, 6.45) is 0. The molecule has 1 aromatic carbocycles. The minimum absolute atomic E-state index is 0.355. The van der Waals surface area contributed by atoms with E-state index in [9.17, 15) is 9.59 Å². The Labute approximate surface area is 131 Å². The SMILES string of the molecule is Cc1ccc(C)n1NC(=O)C(=O)Nc1cc(Cl)cc(Cl)c1. The van der Waals surface area contributed by atoms with Gasteiger partial charge in [-0.15, -0.1) is 0 Å². The van der Waals surface area contributed by atoms with E-state index in [2.05, 4.69) is 10.7 Å². The van der Waals surface area contributed by atoms with Gasteiger partial charge in [0.15, 0.2) is 0 Å². The molecule has 5 nitrogen and oxygen atoms in total. The van der Waals surface area contributed by atoms with E-state index in [4.69, 9.17) is 23.2 Å². The average Bonchev–Trinajstić information content (AvgIpc) is 2.69. The zero-order valence-electron chi connectivity index (χ0n) is 11.4. The van der Waals surface area contributed by atoms with Gasteiger partial charge >= 0.3 is 11.8 Å². The molecule has 110 valence electrons. The third-order valence-corrected chi connectivity index (χ3v) is 3.25. The number of nitrogens with one attached hydrogen (secondary N) is 2. The van der Waals surface area contributed by atoms with E-state index in [0.717, 1.165) is 11.4 Å². The molecule has 1 heterocycles. The van der Waals surface area contributed by atoms with Crippen LogP contribution in [0.1, 0.15) is 11.4 Å². The highest BCUT2D eigenvalue weighted by molar-refractivity contribution is 6.42. The number of hydrogen-bond donors (Lipinski definition) is 2. The number of amides is 2. The summed E-state index contributed by atoms with van der Waals surface area (Å²) in [6, 6.07) is 8.22. The van der Waals surface area contributed by atoms with Crippen LogP contribution < -0.4 is 10.7 Å². The molecule has 2 aromatic rings. The summed E-state index contributed by atoms with van der Waals surface area (Å²) in [5.74, 6) is -1.59. The number of benzene rings is 1. The van der Waals surface area contributed by atoms with Crippen molar-refractivity contribution in [2.45, 2.75) is 13.8 Å². The van der Waals surface area contributed by atoms with Gasteiger partial charge in [0.05, 0.1) is 0 Å². The fourth-order valence-electron chi connectivity index (χ4n) is 1.81. The fourth-order valence-corrected chi connectivity index (χ4v) is 2.34. The van der Waals surface area contributed by atoms with Crippen molar-refractivity contribution >= 4 is 40.7 Å². The molecule has 0 radical (unpaired) electrons. The molecular formula is C14H13Cl2N3O2. The number of aromatic nitrogens is 1. The first-order chi connectivity index (χ1) is 9.86. The van der Waals surface area contributed by atoms with E-state index in [1.165, 1.54) is 22.9 Å². The van der Waals surface area contributed by atoms with Crippen LogP contribution in [0.3, 0.4) is 0 Å². The summed E-state index contributed by atoms with van der Waals surface area (Å²) in [6.45, 7) is 3.64. The van der Waals surface area contributed by atoms with Crippen molar-refractivity contribution in [2.75, 3.05) is 10.7 Å². The van der Waals surface area contributed by atoms with E-state index in [1.54, 1.807) is 0 Å². The molecule has 2 N–H and O–H groups in total. The maximum Gasteiger partial charge on any atom is 0.328 e. The molecule has 0 saturated heterocycles. The monoisotopic (exact) mass is 325 g/mol. The fraction of sp³-hybridized carbons (Fsp3) is 0.143. The van der Waals surface area contributed by atoms with Crippen LogP contribution in [-0.2, 0) is 9.59 Å². The van der Waals surface area contributed by atoms with Crippen LogP contribution in [0.5, 0.6) is 0 Å². The zero-order valence-corrected chi connectivity index (χ0v) is 12.9. The van der Waals surface area contributed by atoms with Gasteiger partial charge in [-0.25, -0.2) is 0 Å². The Hall–Kier alpha value is -1.98. The van der Waals surface area contributed by atoms with Gasteiger partial charge in [-0.1, -0.05) is 23.2 Å². The Morgan fingerprint density at radius 1 is 0.952 bits per heavy atom. The van der Waals surface area contributed by atoms with E-state index >= 15 is 0 Å². The number of anilines is 1. The topological polar surface area (TPSA) is 63.1 Å². The minimum Gasteiger partial charge on any atom is -0.318 e. The summed E-state index contributed by atoms with van der Waals surface area (Å²) in [5, 5.41) is 3.18. The molecule has 1 aromatic heterocycles. The van der Waals surface area contributed by atoms with Crippen LogP contribution in [0.25, 0.3) is 0 Å². The number of carbonyl (C=O) groups is 2. The molecular weight excluding hydrogens is 313 g/mol. The molecule has 0 aliphatic carbocycles. The van der Waals surface area contributed by atoms with Gasteiger partial charge in [-0.2, -0.15) is 0 Å². The van der Waals surface area contributed by atoms with Crippen molar-refractivity contribution in [2.24, 2.45) is 0 Å². The van der Waals surface area contributed by atoms with Crippen molar-refractivity contribution in [3.63, 3.8) is 0 Å². The summed E-state index contributed by atoms with van der Waals surface area (Å²) >= 11 is 11.7. The van der Waals surface area contributed by atoms with Crippen LogP contribution in [0.15, 0.2) is 30.3 Å². The van der Waals surface area contributed by atoms with Crippen molar-refractivity contribution in [3.8, 4) is 0 Å². The lowest BCUT2D eigenvalue weighted by atomic mass is 10.3. The first kappa shape index (κ1) is 15.4. The largest absolute Gasteiger partial charge is 0.328 e. The summed E-state index contributed by atoms with van der Waals surface area (Å²) in [7, 11) is 0. The standard InChI is InChI=1S/C14H13Cl2N3O2/c1-8-3-4-9(2)19(8)18-14(21)13(20)17-12-6-10(15)5-11(16)7-12/h3-7H,1-2H3,(H,17,20)(H,18,21). The van der Waals surface area contributed by atoms with Gasteiger partial charge in [0.2, 0.25) is 0 Å². The maximum atomic E-state index is 11.9. The normalized spacial score (nSPS) is 10.3. The highest BCUT2D eigenvalue weighted by Crippen LogP contribution is 2.22. The van der Waals surface area contributed by atoms with Crippen molar-refractivity contribution in [1.82, 2.24) is 4.68 Å². The highest BCUT2D eigenvalue weighted by atomic mass is 35.5. The summed E-state index contributed by atoms with van der Waals surface area (Å²) in [4.78, 5) is 23.7. The Morgan fingerprint density at radius 2 is 1.48 bits per heavy atom. The number of rotatable bonds is 2. The predicted molar refractivity (Wildman–Crippen MR) is 83.4 cm³/mol. The summed E-state index contributed by atoms with van der Waals surface area (Å²) in [5.41, 5.74) is 4.50. The third-order valence-electron chi connectivity index (χ3n) is 2.81. The molecule has 0 unspecified atom stereocenters. The van der Waals surface area contributed by atoms with Crippen molar-refractivity contribution < 1.29 is 9.59 Å². The highest BCUT2D eigenvalue weighted by Gasteiger charge is 2.16. The molecule has 0 aliphatic heterocycles. The van der Waals surface area contributed by atoms with Crippen molar-refractivity contribution in [1.29, 1.82) is 0 Å². The van der Waals surface area contributed by atoms with Crippen LogP contribution >= 0.6 is 23.2 Å². The van der Waals surface area contributed by atoms with E-state index in [-0.39, 0.29) is 0 Å². The molecule has 0 saturated carbocycles. The van der Waals surface area contributed by atoms with Crippen LogP contribution in [0, 0.1) is 13.8 Å². The Balaban J connectivity index is 2.08. The molecule has 2 rings (SSSR count). The Kier molecular flexibility index (Phi) is 4.55. The maximum absolute atomic E-state index is 11.9. The van der Waals surface area contributed by atoms with E-state index in [1.807, 2.05) is 26.0 Å². The molecule has 0 fully saturated rings. The van der Waals surface area contributed by atoms with Gasteiger partial charge in [0, 0.05) is 27.1 Å². The first-order valence-electron chi connectivity index (χ1n) is 6.10. The lowest BCUT2D eigenvalue weighted by Gasteiger charge is -2.11. The quantitative estimate of drug-likeness (QED) is 0.833. The molecule has 2 amide bonds. The number of halogens is 2. The molecule has 21 heavy (non-hydrogen) atoms. The van der Waals surface area contributed by atoms with Gasteiger partial charge in [0.25, 0.3) is 0 Å². The predicted octanol–water partition coefficient (Wildman–Crippen LogP) is 3.12. The second kappa shape index (κ2) is 6.20. The molecule has 0 atom stereocenters. The minimum atomic E-state index is -0.805. The van der Waals surface area contributed by atoms with Gasteiger partial charge in [0.1, 0.15) is 0 Å². The summed E-state index contributed by atoms with van der Waals surface area (Å²) < 4.78 is 1.53. The van der Waals surface area contributed by atoms with Crippen LogP contribution in [0.4, 0.5) is 5.69 Å². The second-order valence-electron chi connectivity index (χ2n) is 4.50. The van der Waals surface area contributed by atoms with Gasteiger partial charge < -0.3 is 5.32 Å². The lowest BCUT2D eigenvalue weighted by molar-refractivity contribution is -0.133. The van der Waals surface area contributed by atoms with Crippen LogP contribution in [-0.4, -0.2) is 16.5 Å². The smallest absolute Gasteiger partial charge is 0.318 e. The number of nitrogens with zero attached hydrogens (tertiary/aromatic N) is 1. The molecule has 0 bridgehead atoms. The zero-order chi connectivity index (χ0) is 15.6. The molecule has 7 heteroatoms. The van der Waals surface area contributed by atoms with Gasteiger partial charge in [-0.3, -0.25) is 19.7 Å². The number of hydrogen-bond acceptors (Lipinski definition) is 2. The molecule has 0 spiro atoms. The molecule has 0 aliphatic rings. The average molecular weight is 326 g/mol.